The number of carbonyl (C=O) groups is 1. The molecule has 3 aromatic rings. The standard InChI is InChI=1S/C22H22ClN3O3S2/c1-14-21(16-5-7-17(23)8-6-16)25-22(30-14)24-20(27)13-4-15-2-11-19(12-3-15)31(28,29)26-18-9-10-18/h2-3,5-8,11-12,18,26H,4,9-10,13H2,1H3,(H,24,25,27). The molecule has 162 valence electrons. The molecule has 31 heavy (non-hydrogen) atoms. The molecule has 1 aromatic heterocycles. The zero-order chi connectivity index (χ0) is 22.0. The van der Waals surface area contributed by atoms with Gasteiger partial charge in [-0.2, -0.15) is 0 Å². The number of sulfonamides is 1. The summed E-state index contributed by atoms with van der Waals surface area (Å²) in [5, 5.41) is 4.07. The van der Waals surface area contributed by atoms with Crippen LogP contribution in [0.4, 0.5) is 5.13 Å². The third-order valence-electron chi connectivity index (χ3n) is 4.93. The van der Waals surface area contributed by atoms with E-state index < -0.39 is 10.0 Å². The van der Waals surface area contributed by atoms with Crippen LogP contribution in [0.2, 0.25) is 5.02 Å². The second-order valence-electron chi connectivity index (χ2n) is 7.52. The molecule has 0 spiro atoms. The van der Waals surface area contributed by atoms with E-state index in [0.717, 1.165) is 34.5 Å². The first-order chi connectivity index (χ1) is 14.8. The molecular weight excluding hydrogens is 454 g/mol. The second kappa shape index (κ2) is 9.08. The Morgan fingerprint density at radius 3 is 2.45 bits per heavy atom. The second-order valence-corrected chi connectivity index (χ2v) is 10.9. The Labute approximate surface area is 190 Å². The number of benzene rings is 2. The fourth-order valence-corrected chi connectivity index (χ4v) is 5.37. The van der Waals surface area contributed by atoms with Crippen molar-refractivity contribution in [2.75, 3.05) is 5.32 Å². The monoisotopic (exact) mass is 475 g/mol. The topological polar surface area (TPSA) is 88.2 Å². The van der Waals surface area contributed by atoms with Crippen molar-refractivity contribution in [3.63, 3.8) is 0 Å². The minimum atomic E-state index is -3.46. The molecule has 1 heterocycles. The van der Waals surface area contributed by atoms with Gasteiger partial charge in [0.2, 0.25) is 15.9 Å². The summed E-state index contributed by atoms with van der Waals surface area (Å²) in [5.74, 6) is -0.136. The van der Waals surface area contributed by atoms with Crippen LogP contribution in [0, 0.1) is 6.92 Å². The highest BCUT2D eigenvalue weighted by Gasteiger charge is 2.27. The van der Waals surface area contributed by atoms with Crippen LogP contribution in [0.15, 0.2) is 53.4 Å². The highest BCUT2D eigenvalue weighted by molar-refractivity contribution is 7.89. The lowest BCUT2D eigenvalue weighted by molar-refractivity contribution is -0.116. The third-order valence-corrected chi connectivity index (χ3v) is 7.61. The van der Waals surface area contributed by atoms with Crippen LogP contribution in [0.25, 0.3) is 11.3 Å². The van der Waals surface area contributed by atoms with Crippen molar-refractivity contribution in [1.29, 1.82) is 0 Å². The normalized spacial score (nSPS) is 13.9. The summed E-state index contributed by atoms with van der Waals surface area (Å²) in [5.41, 5.74) is 2.68. The molecule has 0 atom stereocenters. The highest BCUT2D eigenvalue weighted by Crippen LogP contribution is 2.31. The van der Waals surface area contributed by atoms with Gasteiger partial charge in [0, 0.05) is 27.9 Å². The molecule has 0 radical (unpaired) electrons. The lowest BCUT2D eigenvalue weighted by atomic mass is 10.1. The Hall–Kier alpha value is -2.26. The molecule has 1 fully saturated rings. The number of carbonyl (C=O) groups excluding carboxylic acids is 1. The van der Waals surface area contributed by atoms with E-state index in [4.69, 9.17) is 11.6 Å². The lowest BCUT2D eigenvalue weighted by Gasteiger charge is -2.07. The maximum atomic E-state index is 12.4. The maximum absolute atomic E-state index is 12.4. The minimum absolute atomic E-state index is 0.0723. The van der Waals surface area contributed by atoms with Crippen molar-refractivity contribution < 1.29 is 13.2 Å². The van der Waals surface area contributed by atoms with E-state index in [1.165, 1.54) is 11.3 Å². The van der Waals surface area contributed by atoms with E-state index in [2.05, 4.69) is 15.0 Å². The Kier molecular flexibility index (Phi) is 6.43. The van der Waals surface area contributed by atoms with Crippen molar-refractivity contribution in [2.24, 2.45) is 0 Å². The summed E-state index contributed by atoms with van der Waals surface area (Å²) >= 11 is 7.37. The van der Waals surface area contributed by atoms with Gasteiger partial charge in [0.1, 0.15) is 0 Å². The number of amides is 1. The van der Waals surface area contributed by atoms with Gasteiger partial charge in [-0.15, -0.1) is 11.3 Å². The quantitative estimate of drug-likeness (QED) is 0.490. The number of hydrogen-bond acceptors (Lipinski definition) is 5. The fraction of sp³-hybridized carbons (Fsp3) is 0.273. The van der Waals surface area contributed by atoms with Crippen molar-refractivity contribution in [3.8, 4) is 11.3 Å². The first kappa shape index (κ1) is 22.0. The van der Waals surface area contributed by atoms with Crippen molar-refractivity contribution in [1.82, 2.24) is 9.71 Å². The van der Waals surface area contributed by atoms with Crippen LogP contribution in [0.1, 0.15) is 29.7 Å². The molecule has 2 N–H and O–H groups in total. The summed E-state index contributed by atoms with van der Waals surface area (Å²) in [6, 6.07) is 14.2. The van der Waals surface area contributed by atoms with Gasteiger partial charge in [0.15, 0.2) is 5.13 Å². The average molecular weight is 476 g/mol. The molecule has 2 aromatic carbocycles. The molecule has 1 aliphatic carbocycles. The van der Waals surface area contributed by atoms with E-state index in [1.54, 1.807) is 24.3 Å². The van der Waals surface area contributed by atoms with Crippen molar-refractivity contribution in [2.45, 2.75) is 43.5 Å². The number of hydrogen-bond donors (Lipinski definition) is 2. The number of anilines is 1. The zero-order valence-electron chi connectivity index (χ0n) is 16.9. The summed E-state index contributed by atoms with van der Waals surface area (Å²) in [7, 11) is -3.46. The van der Waals surface area contributed by atoms with Crippen LogP contribution < -0.4 is 10.0 Å². The van der Waals surface area contributed by atoms with Gasteiger partial charge in [-0.1, -0.05) is 35.9 Å². The summed E-state index contributed by atoms with van der Waals surface area (Å²) in [6.45, 7) is 1.96. The van der Waals surface area contributed by atoms with Crippen LogP contribution in [-0.4, -0.2) is 25.4 Å². The van der Waals surface area contributed by atoms with Crippen LogP contribution in [0.3, 0.4) is 0 Å². The number of thiazole rings is 1. The summed E-state index contributed by atoms with van der Waals surface area (Å²) in [6.07, 6.45) is 2.58. The Morgan fingerprint density at radius 1 is 1.13 bits per heavy atom. The average Bonchev–Trinajstić information content (AvgIpc) is 3.47. The van der Waals surface area contributed by atoms with Crippen LogP contribution in [0.5, 0.6) is 0 Å². The van der Waals surface area contributed by atoms with E-state index in [-0.39, 0.29) is 23.3 Å². The number of nitrogens with one attached hydrogen (secondary N) is 2. The number of halogens is 1. The molecule has 0 aliphatic heterocycles. The predicted octanol–water partition coefficient (Wildman–Crippen LogP) is 4.78. The van der Waals surface area contributed by atoms with E-state index in [1.807, 2.05) is 31.2 Å². The summed E-state index contributed by atoms with van der Waals surface area (Å²) in [4.78, 5) is 18.2. The van der Waals surface area contributed by atoms with Gasteiger partial charge in [-0.05, 0) is 56.0 Å². The molecular formula is C22H22ClN3O3S2. The van der Waals surface area contributed by atoms with Crippen LogP contribution >= 0.6 is 22.9 Å². The van der Waals surface area contributed by atoms with Gasteiger partial charge in [0.05, 0.1) is 10.6 Å². The van der Waals surface area contributed by atoms with Crippen LogP contribution in [-0.2, 0) is 21.2 Å². The molecule has 1 amide bonds. The first-order valence-corrected chi connectivity index (χ1v) is 12.6. The highest BCUT2D eigenvalue weighted by atomic mass is 35.5. The molecule has 0 saturated heterocycles. The van der Waals surface area contributed by atoms with Gasteiger partial charge >= 0.3 is 0 Å². The molecule has 9 heteroatoms. The Balaban J connectivity index is 1.33. The number of aryl methyl sites for hydroxylation is 2. The molecule has 0 unspecified atom stereocenters. The van der Waals surface area contributed by atoms with Crippen molar-refractivity contribution >= 4 is 44.0 Å². The van der Waals surface area contributed by atoms with Gasteiger partial charge in [-0.25, -0.2) is 18.1 Å². The number of rotatable bonds is 8. The van der Waals surface area contributed by atoms with Gasteiger partial charge in [0.25, 0.3) is 0 Å². The Bertz CT molecular complexity index is 1190. The largest absolute Gasteiger partial charge is 0.302 e. The SMILES string of the molecule is Cc1sc(NC(=O)CCc2ccc(S(=O)(=O)NC3CC3)cc2)nc1-c1ccc(Cl)cc1. The zero-order valence-corrected chi connectivity index (χ0v) is 19.3. The van der Waals surface area contributed by atoms with Gasteiger partial charge < -0.3 is 5.32 Å². The molecule has 0 bridgehead atoms. The molecule has 6 nitrogen and oxygen atoms in total. The molecule has 4 rings (SSSR count). The van der Waals surface area contributed by atoms with Crippen molar-refractivity contribution in [3.05, 3.63) is 64.0 Å². The number of nitrogens with zero attached hydrogens (tertiary/aromatic N) is 1. The van der Waals surface area contributed by atoms with E-state index >= 15 is 0 Å². The molecule has 1 aliphatic rings. The first-order valence-electron chi connectivity index (χ1n) is 9.95. The van der Waals surface area contributed by atoms with E-state index in [0.29, 0.717) is 16.6 Å². The third kappa shape index (κ3) is 5.71. The predicted molar refractivity (Wildman–Crippen MR) is 124 cm³/mol. The number of aromatic nitrogens is 1. The minimum Gasteiger partial charge on any atom is -0.302 e. The van der Waals surface area contributed by atoms with E-state index in [9.17, 15) is 13.2 Å². The van der Waals surface area contributed by atoms with Gasteiger partial charge in [-0.3, -0.25) is 4.79 Å². The fourth-order valence-electron chi connectivity index (χ4n) is 3.09. The Morgan fingerprint density at radius 2 is 1.81 bits per heavy atom. The smallest absolute Gasteiger partial charge is 0.240 e. The molecule has 1 saturated carbocycles. The lowest BCUT2D eigenvalue weighted by Crippen LogP contribution is -2.25. The maximum Gasteiger partial charge on any atom is 0.240 e. The summed E-state index contributed by atoms with van der Waals surface area (Å²) < 4.78 is 27.1.